The van der Waals surface area contributed by atoms with E-state index in [1.54, 1.807) is 0 Å². The van der Waals surface area contributed by atoms with Crippen molar-refractivity contribution in [2.24, 2.45) is 0 Å². The highest BCUT2D eigenvalue weighted by atomic mass is 16.5. The fourth-order valence-electron chi connectivity index (χ4n) is 2.82. The molecule has 3 aliphatic rings. The largest absolute Gasteiger partial charge is 0.492 e. The minimum Gasteiger partial charge on any atom is -0.492 e. The molecule has 150 valence electrons. The molecule has 0 spiro atoms. The Morgan fingerprint density at radius 1 is 0.690 bits per heavy atom. The summed E-state index contributed by atoms with van der Waals surface area (Å²) in [5, 5.41) is 0. The van der Waals surface area contributed by atoms with Crippen LogP contribution in [0.1, 0.15) is 0 Å². The summed E-state index contributed by atoms with van der Waals surface area (Å²) in [6.45, 7) is 0. The van der Waals surface area contributed by atoms with Crippen molar-refractivity contribution in [3.05, 3.63) is 82.0 Å². The average Bonchev–Trinajstić information content (AvgIpc) is 3.09. The summed E-state index contributed by atoms with van der Waals surface area (Å²) in [6, 6.07) is 0. The lowest BCUT2D eigenvalue weighted by atomic mass is 10.0. The molecule has 0 amide bonds. The Morgan fingerprint density at radius 3 is 1.59 bits per heavy atom. The lowest BCUT2D eigenvalue weighted by Gasteiger charge is -2.14. The van der Waals surface area contributed by atoms with Crippen molar-refractivity contribution < 1.29 is 38.1 Å². The van der Waals surface area contributed by atoms with Crippen LogP contribution in [0, 0.1) is 0 Å². The minimum absolute atomic E-state index is 0.0641. The molecule has 0 unspecified atom stereocenters. The molecule has 0 N–H and O–H groups in total. The van der Waals surface area contributed by atoms with Crippen molar-refractivity contribution >= 4 is 17.5 Å². The summed E-state index contributed by atoms with van der Waals surface area (Å²) < 4.78 is 25.6. The fraction of sp³-hybridized carbons (Fsp3) is 0.190. The van der Waals surface area contributed by atoms with Gasteiger partial charge in [-0.25, -0.2) is 4.79 Å². The third-order valence-corrected chi connectivity index (χ3v) is 4.28. The molecule has 0 aromatic heterocycles. The van der Waals surface area contributed by atoms with Gasteiger partial charge in [0, 0.05) is 5.57 Å². The van der Waals surface area contributed by atoms with E-state index in [-0.39, 0.29) is 40.2 Å². The van der Waals surface area contributed by atoms with E-state index in [1.165, 1.54) is 64.9 Å². The number of methoxy groups -OCH3 is 4. The topological polar surface area (TPSA) is 97.4 Å². The van der Waals surface area contributed by atoms with Crippen LogP contribution < -0.4 is 0 Å². The van der Waals surface area contributed by atoms with Crippen molar-refractivity contribution in [1.29, 1.82) is 0 Å². The second kappa shape index (κ2) is 8.05. The summed E-state index contributed by atoms with van der Waals surface area (Å²) in [7, 11) is 5.46. The molecule has 0 atom stereocenters. The fourth-order valence-corrected chi connectivity index (χ4v) is 2.82. The van der Waals surface area contributed by atoms with Crippen molar-refractivity contribution in [3.63, 3.8) is 0 Å². The molecule has 8 heteroatoms. The molecule has 29 heavy (non-hydrogen) atoms. The van der Waals surface area contributed by atoms with E-state index in [2.05, 4.69) is 0 Å². The van der Waals surface area contributed by atoms with Crippen molar-refractivity contribution in [1.82, 2.24) is 0 Å². The maximum atomic E-state index is 12.3. The smallest absolute Gasteiger partial charge is 0.343 e. The third-order valence-electron chi connectivity index (χ3n) is 4.28. The first-order valence-corrected chi connectivity index (χ1v) is 8.43. The van der Waals surface area contributed by atoms with Crippen molar-refractivity contribution in [3.8, 4) is 0 Å². The van der Waals surface area contributed by atoms with E-state index in [9.17, 15) is 14.4 Å². The summed E-state index contributed by atoms with van der Waals surface area (Å²) in [5.41, 5.74) is 1.21. The van der Waals surface area contributed by atoms with E-state index in [4.69, 9.17) is 23.7 Å². The van der Waals surface area contributed by atoms with Crippen LogP contribution in [0.2, 0.25) is 0 Å². The van der Waals surface area contributed by atoms with Gasteiger partial charge in [-0.15, -0.1) is 0 Å². The lowest BCUT2D eigenvalue weighted by molar-refractivity contribution is -0.132. The summed E-state index contributed by atoms with van der Waals surface area (Å²) in [4.78, 5) is 36.4. The molecule has 8 nitrogen and oxygen atoms in total. The Bertz CT molecular complexity index is 959. The van der Waals surface area contributed by atoms with Crippen LogP contribution in [-0.2, 0) is 38.1 Å². The van der Waals surface area contributed by atoms with Crippen molar-refractivity contribution in [2.45, 2.75) is 0 Å². The van der Waals surface area contributed by atoms with E-state index in [1.807, 2.05) is 0 Å². The minimum atomic E-state index is -0.590. The number of rotatable bonds is 5. The number of hydrogen-bond donors (Lipinski definition) is 0. The second-order valence-electron chi connectivity index (χ2n) is 5.96. The molecule has 0 aromatic carbocycles. The monoisotopic (exact) mass is 398 g/mol. The van der Waals surface area contributed by atoms with Gasteiger partial charge in [0.25, 0.3) is 11.6 Å². The number of carbonyl (C=O) groups excluding carboxylic acids is 3. The Labute approximate surface area is 166 Å². The van der Waals surface area contributed by atoms with Crippen LogP contribution in [0.3, 0.4) is 0 Å². The molecule has 0 radical (unpaired) electrons. The number of Topliss-reactive ketones (excluding diaryl/α,β-unsaturated/α-hetero) is 2. The predicted molar refractivity (Wildman–Crippen MR) is 99.7 cm³/mol. The van der Waals surface area contributed by atoms with Crippen LogP contribution in [0.15, 0.2) is 82.0 Å². The molecule has 0 saturated carbocycles. The lowest BCUT2D eigenvalue weighted by Crippen LogP contribution is -2.14. The van der Waals surface area contributed by atoms with Crippen LogP contribution in [0.5, 0.6) is 0 Å². The number of ketones is 2. The summed E-state index contributed by atoms with van der Waals surface area (Å²) in [6.07, 6.45) is 8.97. The van der Waals surface area contributed by atoms with E-state index >= 15 is 0 Å². The zero-order valence-corrected chi connectivity index (χ0v) is 16.2. The zero-order chi connectivity index (χ0) is 21.1. The molecule has 0 aromatic rings. The number of hydrogen-bond acceptors (Lipinski definition) is 8. The standard InChI is InChI=1S/C21H18O8/c1-25-15-6-11(7-16(26-2)19(15)22)5-13-10-14(29-21(13)24)12-8-17(27-3)20(23)18(9-12)28-4/h5-10H,1-4H3. The van der Waals surface area contributed by atoms with Gasteiger partial charge in [-0.2, -0.15) is 0 Å². The first-order valence-electron chi connectivity index (χ1n) is 8.43. The number of allylic oxidation sites excluding steroid dienone is 7. The van der Waals surface area contributed by atoms with E-state index in [0.29, 0.717) is 11.1 Å². The highest BCUT2D eigenvalue weighted by molar-refractivity contribution is 6.08. The molecule has 0 fully saturated rings. The molecule has 1 aliphatic heterocycles. The number of carbonyl (C=O) groups is 3. The normalized spacial score (nSPS) is 19.0. The van der Waals surface area contributed by atoms with Gasteiger partial charge in [-0.1, -0.05) is 0 Å². The maximum Gasteiger partial charge on any atom is 0.343 e. The van der Waals surface area contributed by atoms with Gasteiger partial charge in [-0.3, -0.25) is 9.59 Å². The molecule has 2 aliphatic carbocycles. The van der Waals surface area contributed by atoms with Gasteiger partial charge in [0.15, 0.2) is 23.0 Å². The van der Waals surface area contributed by atoms with Crippen LogP contribution in [-0.4, -0.2) is 46.0 Å². The zero-order valence-electron chi connectivity index (χ0n) is 16.2. The third kappa shape index (κ3) is 3.77. The van der Waals surface area contributed by atoms with Crippen LogP contribution in [0.25, 0.3) is 0 Å². The van der Waals surface area contributed by atoms with Gasteiger partial charge in [0.2, 0.25) is 0 Å². The van der Waals surface area contributed by atoms with Gasteiger partial charge in [0.05, 0.1) is 34.0 Å². The first kappa shape index (κ1) is 19.9. The quantitative estimate of drug-likeness (QED) is 0.648. The second-order valence-corrected chi connectivity index (χ2v) is 5.96. The molecule has 3 rings (SSSR count). The summed E-state index contributed by atoms with van der Waals surface area (Å²) in [5.74, 6) is -0.843. The number of esters is 1. The van der Waals surface area contributed by atoms with Gasteiger partial charge >= 0.3 is 5.97 Å². The SMILES string of the molecule is COC1=CC(=CC2=CC(=C3C=C(OC)C(=O)C(OC)=C3)OC2=O)C=C(OC)C1=O. The predicted octanol–water partition coefficient (Wildman–Crippen LogP) is 1.94. The number of ether oxygens (including phenoxy) is 5. The first-order chi connectivity index (χ1) is 13.9. The van der Waals surface area contributed by atoms with Crippen molar-refractivity contribution in [2.75, 3.05) is 28.4 Å². The highest BCUT2D eigenvalue weighted by Crippen LogP contribution is 2.29. The van der Waals surface area contributed by atoms with Gasteiger partial charge in [0.1, 0.15) is 5.76 Å². The van der Waals surface area contributed by atoms with E-state index in [0.717, 1.165) is 0 Å². The molecule has 0 saturated heterocycles. The van der Waals surface area contributed by atoms with Crippen LogP contribution in [0.4, 0.5) is 0 Å². The molecule has 1 heterocycles. The van der Waals surface area contributed by atoms with E-state index < -0.39 is 11.8 Å². The molecular formula is C21H18O8. The van der Waals surface area contributed by atoms with Gasteiger partial charge in [-0.05, 0) is 42.0 Å². The molecule has 0 bridgehead atoms. The Balaban J connectivity index is 2.03. The number of cyclic esters (lactones) is 1. The Morgan fingerprint density at radius 2 is 1.14 bits per heavy atom. The summed E-state index contributed by atoms with van der Waals surface area (Å²) >= 11 is 0. The average molecular weight is 398 g/mol. The molecular weight excluding hydrogens is 380 g/mol. The Hall–Kier alpha value is -3.81. The van der Waals surface area contributed by atoms with Gasteiger partial charge < -0.3 is 23.7 Å². The Kier molecular flexibility index (Phi) is 5.54. The highest BCUT2D eigenvalue weighted by Gasteiger charge is 2.28. The van der Waals surface area contributed by atoms with Crippen LogP contribution >= 0.6 is 0 Å². The maximum absolute atomic E-state index is 12.3.